The molecule has 1 unspecified atom stereocenters. The molecule has 0 spiro atoms. The highest BCUT2D eigenvalue weighted by molar-refractivity contribution is 6.15. The number of hydrogen-bond donors (Lipinski definition) is 0. The maximum Gasteiger partial charge on any atom is 0.0547 e. The van der Waals surface area contributed by atoms with Crippen LogP contribution in [0.2, 0.25) is 0 Å². The molecule has 0 saturated carbocycles. The van der Waals surface area contributed by atoms with E-state index in [0.717, 1.165) is 45.1 Å². The van der Waals surface area contributed by atoms with E-state index in [1.165, 1.54) is 70.8 Å². The fraction of sp³-hybridized carbons (Fsp3) is 0.0172. The number of rotatable bonds is 5. The van der Waals surface area contributed by atoms with Gasteiger partial charge in [0, 0.05) is 39.0 Å². The highest BCUT2D eigenvalue weighted by Crippen LogP contribution is 2.46. The van der Waals surface area contributed by atoms with Crippen LogP contribution in [0.5, 0.6) is 0 Å². The first-order chi connectivity index (χ1) is 30.7. The summed E-state index contributed by atoms with van der Waals surface area (Å²) in [6, 6.07) is 78.7. The van der Waals surface area contributed by atoms with Gasteiger partial charge in [0.15, 0.2) is 0 Å². The Hall–Kier alpha value is -8.21. The molecule has 3 heterocycles. The third-order valence-corrected chi connectivity index (χ3v) is 12.8. The van der Waals surface area contributed by atoms with E-state index in [1.54, 1.807) is 0 Å². The number of benzene rings is 10. The number of aliphatic imine (C=N–C) groups is 1. The van der Waals surface area contributed by atoms with Crippen molar-refractivity contribution in [2.75, 3.05) is 0 Å². The zero-order valence-electron chi connectivity index (χ0n) is 33.7. The second-order valence-corrected chi connectivity index (χ2v) is 16.3. The van der Waals surface area contributed by atoms with Gasteiger partial charge in [-0.15, -0.1) is 0 Å². The molecule has 1 aliphatic heterocycles. The predicted octanol–water partition coefficient (Wildman–Crippen LogP) is 15.4. The summed E-state index contributed by atoms with van der Waals surface area (Å²) in [4.78, 5) is 5.24. The molecule has 0 radical (unpaired) electrons. The normalized spacial score (nSPS) is 13.9. The Bertz CT molecular complexity index is 3790. The van der Waals surface area contributed by atoms with Crippen molar-refractivity contribution in [3.8, 4) is 22.5 Å². The molecule has 13 rings (SSSR count). The molecule has 0 bridgehead atoms. The Balaban J connectivity index is 0.969. The SMILES string of the molecule is c1ccc(-n2c3ccccc3c3cc(-c4ccc5c6ccccc6n(-c6cccc(C7[N-]C(c8ccc9ccccc9c8)=Nc8ccc9ccccc9c87)c6)c5c4)ccc32)cc1. The van der Waals surface area contributed by atoms with Gasteiger partial charge in [-0.3, -0.25) is 0 Å². The van der Waals surface area contributed by atoms with Gasteiger partial charge in [-0.05, 0) is 116 Å². The summed E-state index contributed by atoms with van der Waals surface area (Å²) in [6.45, 7) is 0. The second kappa shape index (κ2) is 13.7. The molecular weight excluding hydrogens is 753 g/mol. The fourth-order valence-corrected chi connectivity index (χ4v) is 9.98. The molecule has 0 aliphatic carbocycles. The van der Waals surface area contributed by atoms with Gasteiger partial charge in [0.2, 0.25) is 0 Å². The highest BCUT2D eigenvalue weighted by Gasteiger charge is 2.22. The molecule has 290 valence electrons. The number of fused-ring (bicyclic) bond motifs is 10. The third kappa shape index (κ3) is 5.37. The molecule has 10 aromatic carbocycles. The summed E-state index contributed by atoms with van der Waals surface area (Å²) in [5.41, 5.74) is 13.6. The van der Waals surface area contributed by atoms with Crippen molar-refractivity contribution >= 4 is 76.7 Å². The first-order valence-corrected chi connectivity index (χ1v) is 21.3. The fourth-order valence-electron chi connectivity index (χ4n) is 9.98. The molecule has 0 N–H and O–H groups in total. The Kier molecular flexibility index (Phi) is 7.63. The average Bonchev–Trinajstić information content (AvgIpc) is 3.86. The van der Waals surface area contributed by atoms with E-state index >= 15 is 0 Å². The van der Waals surface area contributed by atoms with Gasteiger partial charge in [-0.2, -0.15) is 0 Å². The Morgan fingerprint density at radius 1 is 0.355 bits per heavy atom. The van der Waals surface area contributed by atoms with E-state index in [0.29, 0.717) is 0 Å². The minimum absolute atomic E-state index is 0.261. The summed E-state index contributed by atoms with van der Waals surface area (Å²) in [6.07, 6.45) is 0. The van der Waals surface area contributed by atoms with Crippen molar-refractivity contribution in [2.24, 2.45) is 4.99 Å². The maximum absolute atomic E-state index is 5.53. The molecular formula is C58H37N4-. The molecule has 1 aliphatic rings. The number of nitrogens with zero attached hydrogens (tertiary/aromatic N) is 4. The van der Waals surface area contributed by atoms with Gasteiger partial charge in [0.25, 0.3) is 0 Å². The van der Waals surface area contributed by atoms with Gasteiger partial charge in [0.05, 0.1) is 22.1 Å². The first kappa shape index (κ1) is 34.6. The number of amidine groups is 1. The van der Waals surface area contributed by atoms with Crippen LogP contribution in [0.1, 0.15) is 22.7 Å². The molecule has 4 heteroatoms. The van der Waals surface area contributed by atoms with Crippen molar-refractivity contribution < 1.29 is 0 Å². The van der Waals surface area contributed by atoms with Crippen LogP contribution < -0.4 is 0 Å². The Morgan fingerprint density at radius 3 is 1.79 bits per heavy atom. The summed E-state index contributed by atoms with van der Waals surface area (Å²) < 4.78 is 4.81. The Morgan fingerprint density at radius 2 is 0.952 bits per heavy atom. The van der Waals surface area contributed by atoms with Crippen LogP contribution in [-0.4, -0.2) is 15.0 Å². The number of para-hydroxylation sites is 3. The van der Waals surface area contributed by atoms with Crippen LogP contribution >= 0.6 is 0 Å². The molecule has 12 aromatic rings. The lowest BCUT2D eigenvalue weighted by Gasteiger charge is -2.37. The van der Waals surface area contributed by atoms with E-state index in [9.17, 15) is 0 Å². The summed E-state index contributed by atoms with van der Waals surface area (Å²) in [5.74, 6) is 0.749. The average molecular weight is 790 g/mol. The topological polar surface area (TPSA) is 36.3 Å². The van der Waals surface area contributed by atoms with Gasteiger partial charge in [0.1, 0.15) is 0 Å². The maximum atomic E-state index is 5.53. The number of aromatic nitrogens is 2. The van der Waals surface area contributed by atoms with Crippen LogP contribution in [0.15, 0.2) is 223 Å². The van der Waals surface area contributed by atoms with Crippen LogP contribution in [0.3, 0.4) is 0 Å². The zero-order chi connectivity index (χ0) is 40.7. The van der Waals surface area contributed by atoms with Crippen LogP contribution in [0.25, 0.3) is 93.0 Å². The molecule has 4 nitrogen and oxygen atoms in total. The second-order valence-electron chi connectivity index (χ2n) is 16.3. The largest absolute Gasteiger partial charge is 0.453 e. The van der Waals surface area contributed by atoms with E-state index < -0.39 is 0 Å². The molecule has 0 fully saturated rings. The first-order valence-electron chi connectivity index (χ1n) is 21.3. The van der Waals surface area contributed by atoms with E-state index in [1.807, 2.05) is 0 Å². The summed E-state index contributed by atoms with van der Waals surface area (Å²) in [5, 5.41) is 15.2. The van der Waals surface area contributed by atoms with Crippen molar-refractivity contribution in [3.63, 3.8) is 0 Å². The van der Waals surface area contributed by atoms with Crippen LogP contribution in [0, 0.1) is 0 Å². The zero-order valence-corrected chi connectivity index (χ0v) is 33.7. The highest BCUT2D eigenvalue weighted by atomic mass is 15.1. The van der Waals surface area contributed by atoms with Gasteiger partial charge in [-0.1, -0.05) is 164 Å². The standard InChI is InChI=1S/C58H37N4/c1-2-17-44(18-3-1)61-53-24-11-9-22-48(53)50-35-40(29-32-54(50)61)41-27-30-49-47-21-8-10-23-52(47)62(55(49)36-41)45-19-12-16-42(34-45)57-56-46-20-7-6-14-38(46)28-31-51(56)59-58(60-57)43-26-25-37-13-4-5-15-39(37)33-43/h1-36,57H/q-1. The van der Waals surface area contributed by atoms with E-state index in [4.69, 9.17) is 10.3 Å². The minimum Gasteiger partial charge on any atom is -0.453 e. The molecule has 2 aromatic heterocycles. The molecule has 0 saturated heterocycles. The lowest BCUT2D eigenvalue weighted by atomic mass is 9.90. The third-order valence-electron chi connectivity index (χ3n) is 12.8. The van der Waals surface area contributed by atoms with Crippen LogP contribution in [-0.2, 0) is 0 Å². The van der Waals surface area contributed by atoms with Crippen molar-refractivity contribution in [1.29, 1.82) is 0 Å². The lowest BCUT2D eigenvalue weighted by Crippen LogP contribution is -2.13. The smallest absolute Gasteiger partial charge is 0.0547 e. The molecule has 62 heavy (non-hydrogen) atoms. The van der Waals surface area contributed by atoms with Crippen LogP contribution in [0.4, 0.5) is 5.69 Å². The minimum atomic E-state index is -0.261. The van der Waals surface area contributed by atoms with Crippen molar-refractivity contribution in [3.05, 3.63) is 240 Å². The van der Waals surface area contributed by atoms with Crippen molar-refractivity contribution in [1.82, 2.24) is 9.13 Å². The number of hydrogen-bond acceptors (Lipinski definition) is 1. The predicted molar refractivity (Wildman–Crippen MR) is 260 cm³/mol. The Labute approximate surface area is 358 Å². The lowest BCUT2D eigenvalue weighted by molar-refractivity contribution is 0.988. The van der Waals surface area contributed by atoms with Gasteiger partial charge < -0.3 is 19.4 Å². The van der Waals surface area contributed by atoms with Crippen molar-refractivity contribution in [2.45, 2.75) is 6.04 Å². The summed E-state index contributed by atoms with van der Waals surface area (Å²) in [7, 11) is 0. The van der Waals surface area contributed by atoms with Gasteiger partial charge >= 0.3 is 0 Å². The summed E-state index contributed by atoms with van der Waals surface area (Å²) >= 11 is 0. The molecule has 0 amide bonds. The monoisotopic (exact) mass is 789 g/mol. The molecule has 1 atom stereocenters. The van der Waals surface area contributed by atoms with Gasteiger partial charge in [-0.25, -0.2) is 0 Å². The van der Waals surface area contributed by atoms with E-state index in [-0.39, 0.29) is 6.04 Å². The quantitative estimate of drug-likeness (QED) is 0.167. The van der Waals surface area contributed by atoms with E-state index in [2.05, 4.69) is 228 Å².